The maximum Gasteiger partial charge on any atom is 0.133 e. The SMILES string of the molecule is COc1ccc(CN(C)C2CCN(C)CC2)cc1Br. The first-order valence-electron chi connectivity index (χ1n) is 6.81. The minimum atomic E-state index is 0.706. The predicted molar refractivity (Wildman–Crippen MR) is 82.7 cm³/mol. The number of likely N-dealkylation sites (tertiary alicyclic amines) is 1. The summed E-state index contributed by atoms with van der Waals surface area (Å²) in [6.45, 7) is 3.42. The second kappa shape index (κ2) is 6.73. The molecule has 1 aliphatic heterocycles. The normalized spacial score (nSPS) is 17.9. The first-order chi connectivity index (χ1) is 9.10. The molecule has 0 N–H and O–H groups in total. The van der Waals surface area contributed by atoms with Crippen molar-refractivity contribution in [1.29, 1.82) is 0 Å². The van der Waals surface area contributed by atoms with Gasteiger partial charge in [0.15, 0.2) is 0 Å². The number of halogens is 1. The molecule has 1 aromatic carbocycles. The van der Waals surface area contributed by atoms with Crippen LogP contribution in [0.15, 0.2) is 22.7 Å². The number of hydrogen-bond donors (Lipinski definition) is 0. The molecule has 3 nitrogen and oxygen atoms in total. The van der Waals surface area contributed by atoms with Gasteiger partial charge in [-0.15, -0.1) is 0 Å². The van der Waals surface area contributed by atoms with E-state index in [-0.39, 0.29) is 0 Å². The van der Waals surface area contributed by atoms with Crippen molar-refractivity contribution in [2.45, 2.75) is 25.4 Å². The summed E-state index contributed by atoms with van der Waals surface area (Å²) >= 11 is 3.55. The summed E-state index contributed by atoms with van der Waals surface area (Å²) in [5.74, 6) is 0.894. The van der Waals surface area contributed by atoms with Crippen LogP contribution in [0.4, 0.5) is 0 Å². The second-order valence-electron chi connectivity index (χ2n) is 5.42. The highest BCUT2D eigenvalue weighted by Crippen LogP contribution is 2.26. The third-order valence-electron chi connectivity index (χ3n) is 3.96. The third kappa shape index (κ3) is 3.94. The van der Waals surface area contributed by atoms with Crippen molar-refractivity contribution in [1.82, 2.24) is 9.80 Å². The molecule has 1 saturated heterocycles. The molecule has 1 fully saturated rings. The van der Waals surface area contributed by atoms with Gasteiger partial charge in [0.2, 0.25) is 0 Å². The average Bonchev–Trinajstić information content (AvgIpc) is 2.39. The van der Waals surface area contributed by atoms with Gasteiger partial charge in [-0.05, 0) is 73.7 Å². The Kier molecular flexibility index (Phi) is 5.25. The molecule has 0 bridgehead atoms. The van der Waals surface area contributed by atoms with E-state index in [1.165, 1.54) is 31.5 Å². The van der Waals surface area contributed by atoms with Gasteiger partial charge >= 0.3 is 0 Å². The molecule has 19 heavy (non-hydrogen) atoms. The summed E-state index contributed by atoms with van der Waals surface area (Å²) in [4.78, 5) is 4.88. The zero-order valence-corrected chi connectivity index (χ0v) is 13.6. The number of benzene rings is 1. The van der Waals surface area contributed by atoms with E-state index in [4.69, 9.17) is 4.74 Å². The van der Waals surface area contributed by atoms with Crippen molar-refractivity contribution in [2.24, 2.45) is 0 Å². The number of methoxy groups -OCH3 is 1. The van der Waals surface area contributed by atoms with Gasteiger partial charge in [-0.2, -0.15) is 0 Å². The van der Waals surface area contributed by atoms with E-state index in [1.54, 1.807) is 7.11 Å². The van der Waals surface area contributed by atoms with E-state index >= 15 is 0 Å². The molecule has 0 atom stereocenters. The lowest BCUT2D eigenvalue weighted by Gasteiger charge is -2.35. The summed E-state index contributed by atoms with van der Waals surface area (Å²) in [5.41, 5.74) is 1.33. The molecule has 106 valence electrons. The van der Waals surface area contributed by atoms with Crippen molar-refractivity contribution < 1.29 is 4.74 Å². The van der Waals surface area contributed by atoms with Gasteiger partial charge in [0.05, 0.1) is 11.6 Å². The van der Waals surface area contributed by atoms with Crippen LogP contribution in [-0.2, 0) is 6.54 Å². The molecule has 1 heterocycles. The van der Waals surface area contributed by atoms with Crippen molar-refractivity contribution in [3.8, 4) is 5.75 Å². The molecule has 0 amide bonds. The van der Waals surface area contributed by atoms with E-state index < -0.39 is 0 Å². The molecule has 0 saturated carbocycles. The van der Waals surface area contributed by atoms with E-state index in [0.717, 1.165) is 16.8 Å². The molecule has 1 aromatic rings. The maximum atomic E-state index is 5.27. The minimum absolute atomic E-state index is 0.706. The molecular formula is C15H23BrN2O. The fraction of sp³-hybridized carbons (Fsp3) is 0.600. The Bertz CT molecular complexity index is 417. The zero-order chi connectivity index (χ0) is 13.8. The van der Waals surface area contributed by atoms with E-state index in [1.807, 2.05) is 6.07 Å². The van der Waals surface area contributed by atoms with Crippen LogP contribution in [-0.4, -0.2) is 50.1 Å². The lowest BCUT2D eigenvalue weighted by molar-refractivity contribution is 0.139. The first-order valence-corrected chi connectivity index (χ1v) is 7.60. The quantitative estimate of drug-likeness (QED) is 0.846. The lowest BCUT2D eigenvalue weighted by Crippen LogP contribution is -2.41. The van der Waals surface area contributed by atoms with Crippen LogP contribution in [0.3, 0.4) is 0 Å². The van der Waals surface area contributed by atoms with Crippen LogP contribution in [0.2, 0.25) is 0 Å². The fourth-order valence-electron chi connectivity index (χ4n) is 2.66. The van der Waals surface area contributed by atoms with Crippen LogP contribution in [0.5, 0.6) is 5.75 Å². The van der Waals surface area contributed by atoms with Crippen LogP contribution in [0.25, 0.3) is 0 Å². The summed E-state index contributed by atoms with van der Waals surface area (Å²) in [6, 6.07) is 7.04. The van der Waals surface area contributed by atoms with Crippen molar-refractivity contribution in [3.05, 3.63) is 28.2 Å². The summed E-state index contributed by atoms with van der Waals surface area (Å²) in [6.07, 6.45) is 2.54. The molecule has 2 rings (SSSR count). The Labute approximate surface area is 124 Å². The molecule has 0 aliphatic carbocycles. The van der Waals surface area contributed by atoms with Crippen LogP contribution in [0, 0.1) is 0 Å². The standard InChI is InChI=1S/C15H23BrN2O/c1-17-8-6-13(7-9-17)18(2)11-12-4-5-15(19-3)14(16)10-12/h4-5,10,13H,6-9,11H2,1-3H3. The zero-order valence-electron chi connectivity index (χ0n) is 12.0. The van der Waals surface area contributed by atoms with Crippen molar-refractivity contribution >= 4 is 15.9 Å². The number of rotatable bonds is 4. The number of hydrogen-bond acceptors (Lipinski definition) is 3. The molecule has 0 unspecified atom stereocenters. The predicted octanol–water partition coefficient (Wildman–Crippen LogP) is 2.98. The van der Waals surface area contributed by atoms with E-state index in [9.17, 15) is 0 Å². The maximum absolute atomic E-state index is 5.27. The second-order valence-corrected chi connectivity index (χ2v) is 6.27. The van der Waals surface area contributed by atoms with Gasteiger partial charge in [-0.25, -0.2) is 0 Å². The van der Waals surface area contributed by atoms with Crippen LogP contribution >= 0.6 is 15.9 Å². The van der Waals surface area contributed by atoms with Gasteiger partial charge < -0.3 is 9.64 Å². The summed E-state index contributed by atoms with van der Waals surface area (Å²) in [5, 5.41) is 0. The summed E-state index contributed by atoms with van der Waals surface area (Å²) < 4.78 is 6.30. The van der Waals surface area contributed by atoms with Crippen LogP contribution in [0.1, 0.15) is 18.4 Å². The highest BCUT2D eigenvalue weighted by molar-refractivity contribution is 9.10. The molecule has 0 radical (unpaired) electrons. The monoisotopic (exact) mass is 326 g/mol. The lowest BCUT2D eigenvalue weighted by atomic mass is 10.0. The number of ether oxygens (including phenoxy) is 1. The van der Waals surface area contributed by atoms with E-state index in [2.05, 4.69) is 52.0 Å². The topological polar surface area (TPSA) is 15.7 Å². The first kappa shape index (κ1) is 14.8. The van der Waals surface area contributed by atoms with E-state index in [0.29, 0.717) is 6.04 Å². The Hall–Kier alpha value is -0.580. The third-order valence-corrected chi connectivity index (χ3v) is 4.58. The van der Waals surface area contributed by atoms with Gasteiger partial charge in [-0.1, -0.05) is 6.07 Å². The average molecular weight is 327 g/mol. The Morgan fingerprint density at radius 2 is 2.05 bits per heavy atom. The summed E-state index contributed by atoms with van der Waals surface area (Å²) in [7, 11) is 6.13. The van der Waals surface area contributed by atoms with Gasteiger partial charge in [0.25, 0.3) is 0 Å². The van der Waals surface area contributed by atoms with Crippen molar-refractivity contribution in [2.75, 3.05) is 34.3 Å². The number of nitrogens with zero attached hydrogens (tertiary/aromatic N) is 2. The molecule has 0 aromatic heterocycles. The smallest absolute Gasteiger partial charge is 0.133 e. The fourth-order valence-corrected chi connectivity index (χ4v) is 3.25. The van der Waals surface area contributed by atoms with Crippen LogP contribution < -0.4 is 4.74 Å². The molecule has 0 spiro atoms. The van der Waals surface area contributed by atoms with Crippen molar-refractivity contribution in [3.63, 3.8) is 0 Å². The Morgan fingerprint density at radius 1 is 1.37 bits per heavy atom. The highest BCUT2D eigenvalue weighted by Gasteiger charge is 2.20. The molecular weight excluding hydrogens is 304 g/mol. The Balaban J connectivity index is 1.95. The molecule has 4 heteroatoms. The largest absolute Gasteiger partial charge is 0.496 e. The Morgan fingerprint density at radius 3 is 2.63 bits per heavy atom. The number of piperidine rings is 1. The minimum Gasteiger partial charge on any atom is -0.496 e. The highest BCUT2D eigenvalue weighted by atomic mass is 79.9. The van der Waals surface area contributed by atoms with Gasteiger partial charge in [-0.3, -0.25) is 4.90 Å². The van der Waals surface area contributed by atoms with Gasteiger partial charge in [0.1, 0.15) is 5.75 Å². The van der Waals surface area contributed by atoms with Gasteiger partial charge in [0, 0.05) is 12.6 Å². The molecule has 1 aliphatic rings.